The van der Waals surface area contributed by atoms with Crippen molar-refractivity contribution in [3.63, 3.8) is 0 Å². The summed E-state index contributed by atoms with van der Waals surface area (Å²) in [6, 6.07) is 2.82. The number of esters is 1. The molecule has 0 aliphatic heterocycles. The third kappa shape index (κ3) is 4.60. The minimum atomic E-state index is -0.711. The van der Waals surface area contributed by atoms with Gasteiger partial charge in [-0.1, -0.05) is 13.8 Å². The number of amides is 1. The summed E-state index contributed by atoms with van der Waals surface area (Å²) in [4.78, 5) is 40.0. The number of Topliss-reactive ketones (excluding diaryl/α,β-unsaturated/α-hetero) is 1. The molecule has 0 bridgehead atoms. The van der Waals surface area contributed by atoms with Gasteiger partial charge in [-0.05, 0) is 44.4 Å². The zero-order valence-electron chi connectivity index (χ0n) is 18.2. The summed E-state index contributed by atoms with van der Waals surface area (Å²) in [7, 11) is 3.03. The lowest BCUT2D eigenvalue weighted by atomic mass is 9.99. The highest BCUT2D eigenvalue weighted by Crippen LogP contribution is 2.25. The third-order valence-electron chi connectivity index (χ3n) is 5.21. The van der Waals surface area contributed by atoms with Crippen molar-refractivity contribution in [3.05, 3.63) is 46.7 Å². The van der Waals surface area contributed by atoms with Crippen LogP contribution in [0, 0.1) is 19.8 Å². The molecule has 158 valence electrons. The van der Waals surface area contributed by atoms with Gasteiger partial charge >= 0.3 is 5.97 Å². The first-order chi connectivity index (χ1) is 13.6. The van der Waals surface area contributed by atoms with Crippen LogP contribution in [0.5, 0.6) is 0 Å². The fraction of sp³-hybridized carbons (Fsp3) is 0.500. The molecule has 0 fully saturated rings. The van der Waals surface area contributed by atoms with E-state index in [0.717, 1.165) is 0 Å². The van der Waals surface area contributed by atoms with E-state index in [9.17, 15) is 14.4 Å². The van der Waals surface area contributed by atoms with E-state index < -0.39 is 12.0 Å². The van der Waals surface area contributed by atoms with Gasteiger partial charge in [0, 0.05) is 24.7 Å². The van der Waals surface area contributed by atoms with Gasteiger partial charge in [0.25, 0.3) is 0 Å². The molecule has 0 aliphatic carbocycles. The second kappa shape index (κ2) is 9.11. The lowest BCUT2D eigenvalue weighted by Crippen LogP contribution is -2.43. The molecule has 0 aromatic carbocycles. The minimum absolute atomic E-state index is 0.114. The second-order valence-electron chi connectivity index (χ2n) is 7.72. The Morgan fingerprint density at radius 2 is 1.86 bits per heavy atom. The number of aromatic nitrogens is 1. The summed E-state index contributed by atoms with van der Waals surface area (Å²) in [6.45, 7) is 9.36. The van der Waals surface area contributed by atoms with Crippen molar-refractivity contribution >= 4 is 17.7 Å². The van der Waals surface area contributed by atoms with E-state index in [1.165, 1.54) is 7.11 Å². The highest BCUT2D eigenvalue weighted by atomic mass is 16.5. The van der Waals surface area contributed by atoms with Gasteiger partial charge in [-0.15, -0.1) is 0 Å². The predicted octanol–water partition coefficient (Wildman–Crippen LogP) is 3.67. The lowest BCUT2D eigenvalue weighted by Gasteiger charge is -2.28. The van der Waals surface area contributed by atoms with Gasteiger partial charge in [-0.25, -0.2) is 4.79 Å². The van der Waals surface area contributed by atoms with E-state index in [-0.39, 0.29) is 24.2 Å². The predicted molar refractivity (Wildman–Crippen MR) is 109 cm³/mol. The summed E-state index contributed by atoms with van der Waals surface area (Å²) < 4.78 is 11.9. The molecule has 0 aliphatic rings. The Hall–Kier alpha value is -2.83. The van der Waals surface area contributed by atoms with E-state index in [4.69, 9.17) is 9.15 Å². The van der Waals surface area contributed by atoms with Gasteiger partial charge in [0.1, 0.15) is 11.5 Å². The molecule has 0 saturated carbocycles. The standard InChI is InChI=1S/C22H30N2O5/c1-13(2)11-18(25)24(12-17-9-8-10-29-17)16(5)21(26)19-14(3)20(22(27)28-7)23(6)15(19)4/h8-10,13,16H,11-12H2,1-7H3. The number of rotatable bonds is 8. The average Bonchev–Trinajstić information content (AvgIpc) is 3.24. The fourth-order valence-electron chi connectivity index (χ4n) is 3.55. The highest BCUT2D eigenvalue weighted by molar-refractivity contribution is 6.06. The smallest absolute Gasteiger partial charge is 0.354 e. The summed E-state index contributed by atoms with van der Waals surface area (Å²) >= 11 is 0. The first-order valence-electron chi connectivity index (χ1n) is 9.70. The van der Waals surface area contributed by atoms with E-state index >= 15 is 0 Å². The average molecular weight is 402 g/mol. The first-order valence-corrected chi connectivity index (χ1v) is 9.70. The van der Waals surface area contributed by atoms with Crippen LogP contribution in [0.3, 0.4) is 0 Å². The summed E-state index contributed by atoms with van der Waals surface area (Å²) in [5.74, 6) is -0.0530. The molecule has 2 aromatic heterocycles. The molecule has 29 heavy (non-hydrogen) atoms. The van der Waals surface area contributed by atoms with Crippen LogP contribution in [0.25, 0.3) is 0 Å². The number of nitrogens with zero attached hydrogens (tertiary/aromatic N) is 2. The molecule has 0 N–H and O–H groups in total. The number of hydrogen-bond acceptors (Lipinski definition) is 5. The number of ketones is 1. The fourth-order valence-corrected chi connectivity index (χ4v) is 3.55. The van der Waals surface area contributed by atoms with Gasteiger partial charge in [-0.2, -0.15) is 0 Å². The number of methoxy groups -OCH3 is 1. The van der Waals surface area contributed by atoms with Crippen LogP contribution in [-0.2, 0) is 23.1 Å². The van der Waals surface area contributed by atoms with Crippen LogP contribution < -0.4 is 0 Å². The second-order valence-corrected chi connectivity index (χ2v) is 7.72. The SMILES string of the molecule is COC(=O)c1c(C)c(C(=O)C(C)N(Cc2ccco2)C(=O)CC(C)C)c(C)n1C. The van der Waals surface area contributed by atoms with Crippen molar-refractivity contribution in [2.24, 2.45) is 13.0 Å². The Balaban J connectivity index is 2.43. The molecule has 1 atom stereocenters. The van der Waals surface area contributed by atoms with Crippen molar-refractivity contribution < 1.29 is 23.5 Å². The van der Waals surface area contributed by atoms with Gasteiger partial charge in [-0.3, -0.25) is 9.59 Å². The minimum Gasteiger partial charge on any atom is -0.467 e. The third-order valence-corrected chi connectivity index (χ3v) is 5.21. The van der Waals surface area contributed by atoms with Crippen LogP contribution in [0.1, 0.15) is 65.1 Å². The number of ether oxygens (including phenoxy) is 1. The summed E-state index contributed by atoms with van der Waals surface area (Å²) in [5, 5.41) is 0. The molecule has 2 aromatic rings. The van der Waals surface area contributed by atoms with E-state index in [1.807, 2.05) is 13.8 Å². The van der Waals surface area contributed by atoms with E-state index in [2.05, 4.69) is 0 Å². The normalized spacial score (nSPS) is 12.1. The Kier molecular flexibility index (Phi) is 7.06. The summed E-state index contributed by atoms with van der Waals surface area (Å²) in [6.07, 6.45) is 1.87. The number of furan rings is 1. The van der Waals surface area contributed by atoms with E-state index in [1.54, 1.807) is 55.7 Å². The Labute approximate surface area is 171 Å². The molecular formula is C22H30N2O5. The quantitative estimate of drug-likeness (QED) is 0.497. The Morgan fingerprint density at radius 3 is 2.38 bits per heavy atom. The van der Waals surface area contributed by atoms with Crippen LogP contribution in [0.15, 0.2) is 22.8 Å². The van der Waals surface area contributed by atoms with Crippen molar-refractivity contribution in [1.82, 2.24) is 9.47 Å². The van der Waals surface area contributed by atoms with Gasteiger partial charge in [0.05, 0.1) is 26.0 Å². The topological polar surface area (TPSA) is 81.8 Å². The van der Waals surface area contributed by atoms with Crippen LogP contribution in [-0.4, -0.2) is 40.3 Å². The molecule has 2 heterocycles. The number of hydrogen-bond donors (Lipinski definition) is 0. The first kappa shape index (κ1) is 22.5. The van der Waals surface area contributed by atoms with Crippen LogP contribution in [0.2, 0.25) is 0 Å². The van der Waals surface area contributed by atoms with Crippen LogP contribution >= 0.6 is 0 Å². The summed E-state index contributed by atoms with van der Waals surface area (Å²) in [5.41, 5.74) is 2.01. The molecular weight excluding hydrogens is 372 g/mol. The Bertz CT molecular complexity index is 893. The largest absolute Gasteiger partial charge is 0.467 e. The highest BCUT2D eigenvalue weighted by Gasteiger charge is 2.32. The molecule has 0 saturated heterocycles. The maximum atomic E-state index is 13.4. The zero-order valence-corrected chi connectivity index (χ0v) is 18.2. The van der Waals surface area contributed by atoms with Crippen molar-refractivity contribution in [3.8, 4) is 0 Å². The van der Waals surface area contributed by atoms with Crippen molar-refractivity contribution in [2.45, 2.75) is 53.6 Å². The molecule has 2 rings (SSSR count). The molecule has 1 amide bonds. The molecule has 0 spiro atoms. The number of carbonyl (C=O) groups excluding carboxylic acids is 3. The van der Waals surface area contributed by atoms with Gasteiger partial charge < -0.3 is 18.6 Å². The maximum Gasteiger partial charge on any atom is 0.354 e. The van der Waals surface area contributed by atoms with E-state index in [0.29, 0.717) is 34.7 Å². The molecule has 7 nitrogen and oxygen atoms in total. The molecule has 1 unspecified atom stereocenters. The Morgan fingerprint density at radius 1 is 1.21 bits per heavy atom. The lowest BCUT2D eigenvalue weighted by molar-refractivity contribution is -0.134. The monoisotopic (exact) mass is 402 g/mol. The van der Waals surface area contributed by atoms with Crippen LogP contribution in [0.4, 0.5) is 0 Å². The van der Waals surface area contributed by atoms with Crippen molar-refractivity contribution in [1.29, 1.82) is 0 Å². The maximum absolute atomic E-state index is 13.4. The van der Waals surface area contributed by atoms with Gasteiger partial charge in [0.2, 0.25) is 5.91 Å². The molecule has 7 heteroatoms. The van der Waals surface area contributed by atoms with Crippen molar-refractivity contribution in [2.75, 3.05) is 7.11 Å². The zero-order chi connectivity index (χ0) is 21.9. The molecule has 0 radical (unpaired) electrons. The van der Waals surface area contributed by atoms with Gasteiger partial charge in [0.15, 0.2) is 5.78 Å². The number of carbonyl (C=O) groups is 3.